The Hall–Kier alpha value is -2.52. The lowest BCUT2D eigenvalue weighted by Crippen LogP contribution is -2.57. The number of nitrogens with zero attached hydrogens (tertiary/aromatic N) is 1. The van der Waals surface area contributed by atoms with Crippen LogP contribution in [0.3, 0.4) is 0 Å². The Labute approximate surface area is 194 Å². The number of hydrogen-bond donors (Lipinski definition) is 2. The summed E-state index contributed by atoms with van der Waals surface area (Å²) in [4.78, 5) is 15.1. The highest BCUT2D eigenvalue weighted by Crippen LogP contribution is 2.43. The highest BCUT2D eigenvalue weighted by Gasteiger charge is 2.48. The van der Waals surface area contributed by atoms with Crippen molar-refractivity contribution in [2.24, 2.45) is 17.8 Å². The highest BCUT2D eigenvalue weighted by atomic mass is 19.4. The molecule has 0 bridgehead atoms. The molecule has 2 fully saturated rings. The van der Waals surface area contributed by atoms with Gasteiger partial charge in [-0.25, -0.2) is 8.78 Å². The number of rotatable bonds is 3. The van der Waals surface area contributed by atoms with Crippen LogP contribution in [-0.2, 0) is 16.6 Å². The maximum atomic E-state index is 14.4. The molecule has 4 nitrogen and oxygen atoms in total. The van der Waals surface area contributed by atoms with Crippen LogP contribution in [0.2, 0.25) is 0 Å². The fraction of sp³-hybridized carbons (Fsp3) is 0.480. The summed E-state index contributed by atoms with van der Waals surface area (Å²) in [5, 5.41) is 14.6. The zero-order valence-electron chi connectivity index (χ0n) is 18.9. The Balaban J connectivity index is 1.53. The maximum Gasteiger partial charge on any atom is 0.416 e. The molecule has 2 aromatic carbocycles. The van der Waals surface area contributed by atoms with Gasteiger partial charge >= 0.3 is 6.18 Å². The van der Waals surface area contributed by atoms with Gasteiger partial charge in [-0.1, -0.05) is 32.0 Å². The molecule has 4 rings (SSSR count). The second-order valence-corrected chi connectivity index (χ2v) is 9.48. The summed E-state index contributed by atoms with van der Waals surface area (Å²) in [5.41, 5.74) is -1.54. The average molecular weight is 482 g/mol. The molecule has 1 amide bonds. The third-order valence-corrected chi connectivity index (χ3v) is 7.37. The van der Waals surface area contributed by atoms with Crippen molar-refractivity contribution in [1.82, 2.24) is 10.2 Å². The molecule has 2 N–H and O–H groups in total. The third-order valence-electron chi connectivity index (χ3n) is 7.37. The van der Waals surface area contributed by atoms with Crippen molar-refractivity contribution in [3.63, 3.8) is 0 Å². The van der Waals surface area contributed by atoms with Crippen LogP contribution >= 0.6 is 0 Å². The molecular weight excluding hydrogens is 455 g/mol. The van der Waals surface area contributed by atoms with Crippen molar-refractivity contribution < 1.29 is 31.9 Å². The van der Waals surface area contributed by atoms with Crippen molar-refractivity contribution >= 4 is 5.91 Å². The first-order valence-corrected chi connectivity index (χ1v) is 11.3. The minimum absolute atomic E-state index is 0.188. The van der Waals surface area contributed by atoms with Crippen LogP contribution in [0.15, 0.2) is 42.5 Å². The fourth-order valence-corrected chi connectivity index (χ4v) is 5.48. The molecule has 34 heavy (non-hydrogen) atoms. The number of likely N-dealkylation sites (tertiary alicyclic amines) is 1. The number of carbonyl (C=O) groups excluding carboxylic acids is 1. The number of benzene rings is 2. The molecular formula is C25H27F5N2O2. The SMILES string of the molecule is C[C@@H]1CN(C(=O)[C@@H]2CNC[C@H]2c2ccc(F)cc2F)C[C@H](C)C1(O)c1ccc(C(F)(F)F)cc1. The van der Waals surface area contributed by atoms with Crippen molar-refractivity contribution in [3.05, 3.63) is 70.8 Å². The standard InChI is InChI=1S/C25H27F5N2O2/c1-14-12-32(13-15(2)24(14,34)16-3-5-17(6-4-16)25(28,29)30)23(33)21-11-31-10-20(21)19-8-7-18(26)9-22(19)27/h3-9,14-15,20-21,31,34H,10-13H2,1-2H3/t14-,15+,20-,21+,24?/m0/s1. The molecule has 0 aromatic heterocycles. The molecule has 5 atom stereocenters. The first kappa shape index (κ1) is 24.6. The van der Waals surface area contributed by atoms with E-state index in [9.17, 15) is 31.9 Å². The van der Waals surface area contributed by atoms with E-state index in [1.54, 1.807) is 18.7 Å². The molecule has 184 valence electrons. The average Bonchev–Trinajstić information content (AvgIpc) is 3.25. The predicted molar refractivity (Wildman–Crippen MR) is 116 cm³/mol. The lowest BCUT2D eigenvalue weighted by atomic mass is 9.70. The number of carbonyl (C=O) groups is 1. The summed E-state index contributed by atoms with van der Waals surface area (Å²) >= 11 is 0. The van der Waals surface area contributed by atoms with Gasteiger partial charge in [0, 0.05) is 50.0 Å². The van der Waals surface area contributed by atoms with Crippen LogP contribution in [0.5, 0.6) is 0 Å². The van der Waals surface area contributed by atoms with Gasteiger partial charge in [0.25, 0.3) is 0 Å². The molecule has 2 saturated heterocycles. The van der Waals surface area contributed by atoms with E-state index in [4.69, 9.17) is 0 Å². The molecule has 2 heterocycles. The Morgan fingerprint density at radius 3 is 2.21 bits per heavy atom. The minimum atomic E-state index is -4.47. The summed E-state index contributed by atoms with van der Waals surface area (Å²) in [5.74, 6) is -3.46. The van der Waals surface area contributed by atoms with Gasteiger partial charge in [0.2, 0.25) is 5.91 Å². The van der Waals surface area contributed by atoms with Crippen molar-refractivity contribution in [2.75, 3.05) is 26.2 Å². The molecule has 2 aromatic rings. The summed E-state index contributed by atoms with van der Waals surface area (Å²) in [6.07, 6.45) is -4.47. The van der Waals surface area contributed by atoms with Crippen LogP contribution in [0.4, 0.5) is 22.0 Å². The number of piperidine rings is 1. The lowest BCUT2D eigenvalue weighted by Gasteiger charge is -2.48. The predicted octanol–water partition coefficient (Wildman–Crippen LogP) is 4.29. The monoisotopic (exact) mass is 482 g/mol. The molecule has 0 aliphatic carbocycles. The number of nitrogens with one attached hydrogen (secondary N) is 1. The molecule has 0 radical (unpaired) electrons. The van der Waals surface area contributed by atoms with Crippen molar-refractivity contribution in [2.45, 2.75) is 31.5 Å². The molecule has 0 spiro atoms. The number of amides is 1. The number of alkyl halides is 3. The highest BCUT2D eigenvalue weighted by molar-refractivity contribution is 5.81. The molecule has 2 aliphatic rings. The van der Waals surface area contributed by atoms with Gasteiger partial charge in [0.05, 0.1) is 17.1 Å². The number of aliphatic hydroxyl groups is 1. The van der Waals surface area contributed by atoms with Gasteiger partial charge in [0.1, 0.15) is 11.6 Å². The topological polar surface area (TPSA) is 52.6 Å². The van der Waals surface area contributed by atoms with Crippen LogP contribution in [0, 0.1) is 29.4 Å². The fourth-order valence-electron chi connectivity index (χ4n) is 5.48. The molecule has 9 heteroatoms. The van der Waals surface area contributed by atoms with E-state index in [2.05, 4.69) is 5.32 Å². The Morgan fingerprint density at radius 1 is 1.03 bits per heavy atom. The van der Waals surface area contributed by atoms with Gasteiger partial charge < -0.3 is 15.3 Å². The van der Waals surface area contributed by atoms with Gasteiger partial charge in [-0.3, -0.25) is 4.79 Å². The van der Waals surface area contributed by atoms with Gasteiger partial charge in [-0.15, -0.1) is 0 Å². The quantitative estimate of drug-likeness (QED) is 0.642. The molecule has 2 aliphatic heterocycles. The van der Waals surface area contributed by atoms with Gasteiger partial charge in [-0.05, 0) is 29.3 Å². The first-order valence-electron chi connectivity index (χ1n) is 11.3. The van der Waals surface area contributed by atoms with E-state index >= 15 is 0 Å². The van der Waals surface area contributed by atoms with Crippen LogP contribution < -0.4 is 5.32 Å². The van der Waals surface area contributed by atoms with Gasteiger partial charge in [0.15, 0.2) is 0 Å². The van der Waals surface area contributed by atoms with Crippen LogP contribution in [0.1, 0.15) is 36.5 Å². The number of hydrogen-bond acceptors (Lipinski definition) is 3. The van der Waals surface area contributed by atoms with E-state index in [-0.39, 0.29) is 24.6 Å². The van der Waals surface area contributed by atoms with E-state index in [1.807, 2.05) is 0 Å². The lowest BCUT2D eigenvalue weighted by molar-refractivity contribution is -0.152. The summed E-state index contributed by atoms with van der Waals surface area (Å²) < 4.78 is 66.6. The summed E-state index contributed by atoms with van der Waals surface area (Å²) in [6, 6.07) is 7.85. The zero-order chi connectivity index (χ0) is 24.8. The van der Waals surface area contributed by atoms with Crippen LogP contribution in [-0.4, -0.2) is 42.1 Å². The molecule has 1 unspecified atom stereocenters. The third kappa shape index (κ3) is 4.31. The zero-order valence-corrected chi connectivity index (χ0v) is 18.9. The normalized spacial score (nSPS) is 29.9. The second-order valence-electron chi connectivity index (χ2n) is 9.48. The largest absolute Gasteiger partial charge is 0.416 e. The Morgan fingerprint density at radius 2 is 1.65 bits per heavy atom. The van der Waals surface area contributed by atoms with Gasteiger partial charge in [-0.2, -0.15) is 13.2 Å². The van der Waals surface area contributed by atoms with E-state index < -0.39 is 52.6 Å². The minimum Gasteiger partial charge on any atom is -0.384 e. The summed E-state index contributed by atoms with van der Waals surface area (Å²) in [7, 11) is 0. The Kier molecular flexibility index (Phi) is 6.46. The smallest absolute Gasteiger partial charge is 0.384 e. The molecule has 0 saturated carbocycles. The van der Waals surface area contributed by atoms with E-state index in [1.165, 1.54) is 24.3 Å². The Bertz CT molecular complexity index is 1040. The van der Waals surface area contributed by atoms with Crippen LogP contribution in [0.25, 0.3) is 0 Å². The van der Waals surface area contributed by atoms with E-state index in [0.717, 1.165) is 18.2 Å². The number of halogens is 5. The summed E-state index contributed by atoms with van der Waals surface area (Å²) in [6.45, 7) is 4.66. The van der Waals surface area contributed by atoms with Crippen molar-refractivity contribution in [1.29, 1.82) is 0 Å². The first-order chi connectivity index (χ1) is 15.9. The van der Waals surface area contributed by atoms with E-state index in [0.29, 0.717) is 18.7 Å². The maximum absolute atomic E-state index is 14.4. The second kappa shape index (κ2) is 8.92. The van der Waals surface area contributed by atoms with Crippen molar-refractivity contribution in [3.8, 4) is 0 Å².